The Labute approximate surface area is 158 Å². The van der Waals surface area contributed by atoms with Crippen molar-refractivity contribution in [1.29, 1.82) is 5.26 Å². The van der Waals surface area contributed by atoms with Crippen molar-refractivity contribution in [3.8, 4) is 6.07 Å². The van der Waals surface area contributed by atoms with E-state index in [9.17, 15) is 22.4 Å². The summed E-state index contributed by atoms with van der Waals surface area (Å²) in [7, 11) is 1.12. The first-order valence-corrected chi connectivity index (χ1v) is 8.22. The maximum Gasteiger partial charge on any atom is 0.310 e. The molecule has 1 aliphatic carbocycles. The fourth-order valence-corrected chi connectivity index (χ4v) is 3.12. The summed E-state index contributed by atoms with van der Waals surface area (Å²) in [6, 6.07) is 1.72. The van der Waals surface area contributed by atoms with Crippen LogP contribution in [-0.4, -0.2) is 13.1 Å². The number of carbonyl (C=O) groups is 1. The Bertz CT molecular complexity index is 819. The molecule has 0 N–H and O–H groups in total. The van der Waals surface area contributed by atoms with Crippen LogP contribution in [0.5, 0.6) is 0 Å². The van der Waals surface area contributed by atoms with Crippen molar-refractivity contribution in [2.75, 3.05) is 7.11 Å². The number of carbonyl (C=O) groups excluding carboxylic acids is 1. The molecule has 0 amide bonds. The van der Waals surface area contributed by atoms with Gasteiger partial charge in [-0.1, -0.05) is 31.5 Å². The molecule has 1 aliphatic rings. The lowest BCUT2D eigenvalue weighted by Gasteiger charge is -2.12. The fourth-order valence-electron chi connectivity index (χ4n) is 2.99. The van der Waals surface area contributed by atoms with E-state index in [1.54, 1.807) is 19.9 Å². The second kappa shape index (κ2) is 7.87. The lowest BCUT2D eigenvalue weighted by Crippen LogP contribution is -2.15. The largest absolute Gasteiger partial charge is 0.460 e. The minimum atomic E-state index is -1.65. The normalized spacial score (nSPS) is 20.9. The third-order valence-corrected chi connectivity index (χ3v) is 4.90. The van der Waals surface area contributed by atoms with Gasteiger partial charge in [0.15, 0.2) is 23.3 Å². The average Bonchev–Trinajstić information content (AvgIpc) is 3.16. The van der Waals surface area contributed by atoms with E-state index in [2.05, 4.69) is 4.74 Å². The zero-order valence-electron chi connectivity index (χ0n) is 14.7. The molecule has 0 saturated heterocycles. The second-order valence-corrected chi connectivity index (χ2v) is 7.11. The van der Waals surface area contributed by atoms with Crippen LogP contribution in [0.15, 0.2) is 11.1 Å². The number of ether oxygens (including phenoxy) is 2. The van der Waals surface area contributed by atoms with Gasteiger partial charge in [-0.3, -0.25) is 4.79 Å². The van der Waals surface area contributed by atoms with Gasteiger partial charge in [0.05, 0.1) is 23.7 Å². The van der Waals surface area contributed by atoms with Crippen molar-refractivity contribution in [2.45, 2.75) is 27.1 Å². The molecule has 0 heterocycles. The molecule has 0 aromatic heterocycles. The van der Waals surface area contributed by atoms with E-state index in [1.165, 1.54) is 6.08 Å². The molecule has 1 saturated carbocycles. The van der Waals surface area contributed by atoms with E-state index in [4.69, 9.17) is 21.6 Å². The number of nitrogens with zero attached hydrogens (tertiary/aromatic N) is 1. The highest BCUT2D eigenvalue weighted by atomic mass is 35.5. The predicted molar refractivity (Wildman–Crippen MR) is 87.1 cm³/mol. The van der Waals surface area contributed by atoms with Gasteiger partial charge in [0.25, 0.3) is 0 Å². The molecule has 1 fully saturated rings. The maximum atomic E-state index is 14.0. The third-order valence-electron chi connectivity index (χ3n) is 4.69. The van der Waals surface area contributed by atoms with Gasteiger partial charge >= 0.3 is 5.97 Å². The summed E-state index contributed by atoms with van der Waals surface area (Å²) in [5, 5.41) is 8.60. The molecule has 0 spiro atoms. The maximum absolute atomic E-state index is 14.0. The van der Waals surface area contributed by atoms with Crippen molar-refractivity contribution < 1.29 is 31.8 Å². The van der Waals surface area contributed by atoms with E-state index in [1.807, 2.05) is 0 Å². The Morgan fingerprint density at radius 1 is 1.15 bits per heavy atom. The van der Waals surface area contributed by atoms with Crippen LogP contribution in [0.2, 0.25) is 0 Å². The van der Waals surface area contributed by atoms with Gasteiger partial charge in [-0.15, -0.1) is 0 Å². The topological polar surface area (TPSA) is 59.3 Å². The summed E-state index contributed by atoms with van der Waals surface area (Å²) in [4.78, 5) is 12.2. The highest BCUT2D eigenvalue weighted by Gasteiger charge is 2.61. The minimum Gasteiger partial charge on any atom is -0.460 e. The number of halogens is 5. The van der Waals surface area contributed by atoms with Crippen molar-refractivity contribution in [3.05, 3.63) is 45.5 Å². The van der Waals surface area contributed by atoms with Gasteiger partial charge in [0.2, 0.25) is 0 Å². The molecule has 2 atom stereocenters. The zero-order chi connectivity index (χ0) is 20.5. The Morgan fingerprint density at radius 3 is 2.07 bits per heavy atom. The summed E-state index contributed by atoms with van der Waals surface area (Å²) in [6.45, 7) is 1.81. The average molecular weight is 406 g/mol. The highest BCUT2D eigenvalue weighted by Crippen LogP contribution is 2.60. The van der Waals surface area contributed by atoms with Crippen LogP contribution < -0.4 is 0 Å². The molecule has 1 aromatic carbocycles. The molecule has 0 radical (unpaired) electrons. The molecular formula is C18H16ClF4NO3. The molecule has 9 heteroatoms. The fraction of sp³-hybridized carbons (Fsp3) is 0.444. The number of hydrogen-bond acceptors (Lipinski definition) is 4. The number of esters is 1. The van der Waals surface area contributed by atoms with Gasteiger partial charge < -0.3 is 9.47 Å². The van der Waals surface area contributed by atoms with Gasteiger partial charge in [0, 0.05) is 7.11 Å². The van der Waals surface area contributed by atoms with Gasteiger partial charge in [-0.25, -0.2) is 17.6 Å². The van der Waals surface area contributed by atoms with Crippen molar-refractivity contribution in [1.82, 2.24) is 0 Å². The zero-order valence-corrected chi connectivity index (χ0v) is 15.5. The summed E-state index contributed by atoms with van der Waals surface area (Å²) in [5.41, 5.74) is -2.50. The number of nitriles is 1. The van der Waals surface area contributed by atoms with E-state index >= 15 is 0 Å². The standard InChI is InChI=1S/C18H16ClF4NO3/c1-18(2)11(4-8(19)5-24)12(18)17(25)27-7-10-15(22)13(20)9(6-26-3)14(21)16(10)23/h4,11-12H,6-7H2,1-3H3/t11-,12-/m0/s1. The first-order chi connectivity index (χ1) is 12.6. The Morgan fingerprint density at radius 2 is 1.63 bits per heavy atom. The van der Waals surface area contributed by atoms with Crippen molar-refractivity contribution in [2.24, 2.45) is 17.3 Å². The number of methoxy groups -OCH3 is 1. The minimum absolute atomic E-state index is 0.0988. The highest BCUT2D eigenvalue weighted by molar-refractivity contribution is 6.31. The Hall–Kier alpha value is -2.11. The Kier molecular flexibility index (Phi) is 6.17. The number of allylic oxidation sites excluding steroid dienone is 2. The molecule has 1 aromatic rings. The Balaban J connectivity index is 2.18. The SMILES string of the molecule is COCc1c(F)c(F)c(COC(=O)[C@@H]2[C@H](C=C(Cl)C#N)C2(C)C)c(F)c1F. The van der Waals surface area contributed by atoms with Crippen molar-refractivity contribution >= 4 is 17.6 Å². The quantitative estimate of drug-likeness (QED) is 0.305. The van der Waals surface area contributed by atoms with Crippen LogP contribution in [-0.2, 0) is 27.5 Å². The van der Waals surface area contributed by atoms with Crippen molar-refractivity contribution in [3.63, 3.8) is 0 Å². The van der Waals surface area contributed by atoms with Crippen LogP contribution in [0.25, 0.3) is 0 Å². The first-order valence-electron chi connectivity index (χ1n) is 7.84. The van der Waals surface area contributed by atoms with E-state index < -0.39 is 70.8 Å². The molecule has 4 nitrogen and oxygen atoms in total. The summed E-state index contributed by atoms with van der Waals surface area (Å²) >= 11 is 5.64. The van der Waals surface area contributed by atoms with Crippen LogP contribution in [0, 0.1) is 51.9 Å². The van der Waals surface area contributed by atoms with E-state index in [0.717, 1.165) is 7.11 Å². The molecule has 0 unspecified atom stereocenters. The lowest BCUT2D eigenvalue weighted by atomic mass is 10.1. The van der Waals surface area contributed by atoms with Crippen LogP contribution >= 0.6 is 11.6 Å². The molecule has 27 heavy (non-hydrogen) atoms. The molecule has 0 aliphatic heterocycles. The van der Waals surface area contributed by atoms with E-state index in [-0.39, 0.29) is 5.03 Å². The monoisotopic (exact) mass is 405 g/mol. The number of hydrogen-bond donors (Lipinski definition) is 0. The predicted octanol–water partition coefficient (Wildman–Crippen LogP) is 4.35. The summed E-state index contributed by atoms with van der Waals surface area (Å²) < 4.78 is 65.3. The van der Waals surface area contributed by atoms with Crippen LogP contribution in [0.3, 0.4) is 0 Å². The van der Waals surface area contributed by atoms with Gasteiger partial charge in [-0.2, -0.15) is 5.26 Å². The van der Waals surface area contributed by atoms with Gasteiger partial charge in [-0.05, 0) is 11.3 Å². The summed E-state index contributed by atoms with van der Waals surface area (Å²) in [5.74, 6) is -8.41. The number of rotatable bonds is 6. The molecule has 0 bridgehead atoms. The third kappa shape index (κ3) is 3.94. The molecule has 2 rings (SSSR count). The first kappa shape index (κ1) is 21.2. The van der Waals surface area contributed by atoms with Crippen LogP contribution in [0.4, 0.5) is 17.6 Å². The lowest BCUT2D eigenvalue weighted by molar-refractivity contribution is -0.147. The molecule has 146 valence electrons. The molecular weight excluding hydrogens is 390 g/mol. The van der Waals surface area contributed by atoms with E-state index in [0.29, 0.717) is 0 Å². The smallest absolute Gasteiger partial charge is 0.310 e. The number of benzene rings is 1. The summed E-state index contributed by atoms with van der Waals surface area (Å²) in [6.07, 6.45) is 1.40. The van der Waals surface area contributed by atoms with Gasteiger partial charge in [0.1, 0.15) is 17.7 Å². The van der Waals surface area contributed by atoms with Crippen LogP contribution in [0.1, 0.15) is 25.0 Å². The second-order valence-electron chi connectivity index (χ2n) is 6.70.